The predicted molar refractivity (Wildman–Crippen MR) is 85.6 cm³/mol. The van der Waals surface area contributed by atoms with Gasteiger partial charge in [0.05, 0.1) is 11.6 Å². The molecule has 2 rings (SSSR count). The fraction of sp³-hybridized carbons (Fsp3) is 0.188. The van der Waals surface area contributed by atoms with Crippen molar-refractivity contribution in [3.63, 3.8) is 0 Å². The van der Waals surface area contributed by atoms with E-state index < -0.39 is 0 Å². The zero-order valence-electron chi connectivity index (χ0n) is 11.6. The number of nitrogens with one attached hydrogen (secondary N) is 1. The van der Waals surface area contributed by atoms with Gasteiger partial charge in [-0.1, -0.05) is 12.1 Å². The van der Waals surface area contributed by atoms with Crippen molar-refractivity contribution >= 4 is 21.6 Å². The number of halogens is 1. The summed E-state index contributed by atoms with van der Waals surface area (Å²) in [6.07, 6.45) is 0. The topological polar surface area (TPSA) is 54.3 Å². The zero-order chi connectivity index (χ0) is 15.1. The fourth-order valence-corrected chi connectivity index (χ4v) is 2.42. The van der Waals surface area contributed by atoms with Gasteiger partial charge in [0.2, 0.25) is 0 Å². The number of rotatable bonds is 6. The van der Waals surface area contributed by atoms with Crippen LogP contribution < -0.4 is 14.8 Å². The molecule has 0 aliphatic heterocycles. The average Bonchev–Trinajstić information content (AvgIpc) is 2.51. The third-order valence-corrected chi connectivity index (χ3v) is 3.47. The Labute approximate surface area is 132 Å². The molecule has 0 aromatic heterocycles. The predicted octanol–water partition coefficient (Wildman–Crippen LogP) is 3.97. The Bertz CT molecular complexity index is 653. The van der Waals surface area contributed by atoms with E-state index in [-0.39, 0.29) is 6.61 Å². The monoisotopic (exact) mass is 346 g/mol. The van der Waals surface area contributed by atoms with Crippen molar-refractivity contribution in [2.24, 2.45) is 0 Å². The van der Waals surface area contributed by atoms with Gasteiger partial charge in [0.1, 0.15) is 17.6 Å². The minimum Gasteiger partial charge on any atom is -0.496 e. The van der Waals surface area contributed by atoms with Gasteiger partial charge in [-0.2, -0.15) is 5.26 Å². The second-order valence-corrected chi connectivity index (χ2v) is 5.15. The molecular formula is C16H15BrN2O2. The lowest BCUT2D eigenvalue weighted by atomic mass is 10.2. The summed E-state index contributed by atoms with van der Waals surface area (Å²) in [5.41, 5.74) is 2.07. The summed E-state index contributed by atoms with van der Waals surface area (Å²) in [6, 6.07) is 15.4. The third-order valence-electron chi connectivity index (χ3n) is 2.85. The normalized spacial score (nSPS) is 9.76. The lowest BCUT2D eigenvalue weighted by molar-refractivity contribution is 0.368. The van der Waals surface area contributed by atoms with E-state index in [1.165, 1.54) is 0 Å². The van der Waals surface area contributed by atoms with Crippen LogP contribution in [0.1, 0.15) is 5.56 Å². The van der Waals surface area contributed by atoms with Gasteiger partial charge in [0.15, 0.2) is 6.61 Å². The van der Waals surface area contributed by atoms with Gasteiger partial charge in [0, 0.05) is 18.3 Å². The number of nitrogens with zero attached hydrogens (tertiary/aromatic N) is 1. The van der Waals surface area contributed by atoms with E-state index in [0.29, 0.717) is 12.3 Å². The van der Waals surface area contributed by atoms with Crippen LogP contribution in [0, 0.1) is 11.3 Å². The van der Waals surface area contributed by atoms with Gasteiger partial charge in [0.25, 0.3) is 0 Å². The van der Waals surface area contributed by atoms with Gasteiger partial charge in [-0.3, -0.25) is 0 Å². The molecule has 2 aromatic carbocycles. The van der Waals surface area contributed by atoms with Crippen LogP contribution in [0.4, 0.5) is 5.69 Å². The van der Waals surface area contributed by atoms with Crippen molar-refractivity contribution < 1.29 is 9.47 Å². The molecule has 2 aromatic rings. The summed E-state index contributed by atoms with van der Waals surface area (Å²) in [5, 5.41) is 11.8. The Hall–Kier alpha value is -2.19. The first-order valence-corrected chi connectivity index (χ1v) is 7.18. The molecular weight excluding hydrogens is 332 g/mol. The van der Waals surface area contributed by atoms with Gasteiger partial charge in [-0.25, -0.2) is 0 Å². The molecule has 108 valence electrons. The Morgan fingerprint density at radius 3 is 2.81 bits per heavy atom. The van der Waals surface area contributed by atoms with Crippen molar-refractivity contribution in [3.05, 3.63) is 52.5 Å². The minimum absolute atomic E-state index is 0.0505. The summed E-state index contributed by atoms with van der Waals surface area (Å²) < 4.78 is 11.4. The van der Waals surface area contributed by atoms with E-state index in [9.17, 15) is 0 Å². The number of hydrogen-bond donors (Lipinski definition) is 1. The van der Waals surface area contributed by atoms with E-state index in [0.717, 1.165) is 21.5 Å². The maximum Gasteiger partial charge on any atom is 0.174 e. The first-order valence-electron chi connectivity index (χ1n) is 6.39. The largest absolute Gasteiger partial charge is 0.496 e. The minimum atomic E-state index is 0.0505. The summed E-state index contributed by atoms with van der Waals surface area (Å²) in [7, 11) is 1.64. The molecule has 0 fully saturated rings. The van der Waals surface area contributed by atoms with Crippen molar-refractivity contribution in [1.82, 2.24) is 0 Å². The van der Waals surface area contributed by atoms with Crippen LogP contribution in [-0.4, -0.2) is 13.7 Å². The van der Waals surface area contributed by atoms with E-state index in [4.69, 9.17) is 14.7 Å². The molecule has 0 heterocycles. The maximum atomic E-state index is 8.51. The SMILES string of the molecule is COc1ccc(CNc2cccc(OCC#N)c2)cc1Br. The second-order valence-electron chi connectivity index (χ2n) is 4.30. The number of anilines is 1. The highest BCUT2D eigenvalue weighted by atomic mass is 79.9. The van der Waals surface area contributed by atoms with E-state index in [2.05, 4.69) is 21.2 Å². The Kier molecular flexibility index (Phi) is 5.47. The first-order chi connectivity index (χ1) is 10.2. The number of hydrogen-bond acceptors (Lipinski definition) is 4. The molecule has 0 aliphatic rings. The summed E-state index contributed by atoms with van der Waals surface area (Å²) in [5.74, 6) is 1.49. The van der Waals surface area contributed by atoms with Crippen LogP contribution in [0.5, 0.6) is 11.5 Å². The van der Waals surface area contributed by atoms with Gasteiger partial charge in [-0.05, 0) is 45.8 Å². The lowest BCUT2D eigenvalue weighted by Gasteiger charge is -2.10. The molecule has 0 spiro atoms. The van der Waals surface area contributed by atoms with Crippen LogP contribution in [-0.2, 0) is 6.54 Å². The molecule has 0 amide bonds. The van der Waals surface area contributed by atoms with Gasteiger partial charge in [-0.15, -0.1) is 0 Å². The van der Waals surface area contributed by atoms with Crippen LogP contribution >= 0.6 is 15.9 Å². The maximum absolute atomic E-state index is 8.51. The third kappa shape index (κ3) is 4.40. The summed E-state index contributed by atoms with van der Waals surface area (Å²) >= 11 is 3.47. The smallest absolute Gasteiger partial charge is 0.174 e. The van der Waals surface area contributed by atoms with E-state index >= 15 is 0 Å². The second kappa shape index (κ2) is 7.55. The van der Waals surface area contributed by atoms with Crippen LogP contribution in [0.3, 0.4) is 0 Å². The molecule has 0 saturated heterocycles. The molecule has 0 saturated carbocycles. The quantitative estimate of drug-likeness (QED) is 0.859. The number of methoxy groups -OCH3 is 1. The van der Waals surface area contributed by atoms with Gasteiger partial charge >= 0.3 is 0 Å². The van der Waals surface area contributed by atoms with E-state index in [1.54, 1.807) is 7.11 Å². The molecule has 0 unspecified atom stereocenters. The van der Waals surface area contributed by atoms with Crippen molar-refractivity contribution in [2.45, 2.75) is 6.54 Å². The standard InChI is InChI=1S/C16H15BrN2O2/c1-20-16-6-5-12(9-15(16)17)11-19-13-3-2-4-14(10-13)21-8-7-18/h2-6,9-10,19H,8,11H2,1H3. The lowest BCUT2D eigenvalue weighted by Crippen LogP contribution is -2.00. The average molecular weight is 347 g/mol. The summed E-state index contributed by atoms with van der Waals surface area (Å²) in [6.45, 7) is 0.735. The van der Waals surface area contributed by atoms with E-state index in [1.807, 2.05) is 48.5 Å². The first kappa shape index (κ1) is 15.2. The van der Waals surface area contributed by atoms with Crippen LogP contribution in [0.15, 0.2) is 46.9 Å². The molecule has 1 N–H and O–H groups in total. The highest BCUT2D eigenvalue weighted by Crippen LogP contribution is 2.26. The molecule has 4 nitrogen and oxygen atoms in total. The molecule has 5 heteroatoms. The van der Waals surface area contributed by atoms with Crippen molar-refractivity contribution in [1.29, 1.82) is 5.26 Å². The molecule has 0 radical (unpaired) electrons. The number of nitriles is 1. The molecule has 0 aliphatic carbocycles. The van der Waals surface area contributed by atoms with Gasteiger partial charge < -0.3 is 14.8 Å². The summed E-state index contributed by atoms with van der Waals surface area (Å²) in [4.78, 5) is 0. The van der Waals surface area contributed by atoms with Crippen molar-refractivity contribution in [3.8, 4) is 17.6 Å². The molecule has 0 atom stereocenters. The number of benzene rings is 2. The highest BCUT2D eigenvalue weighted by molar-refractivity contribution is 9.10. The Morgan fingerprint density at radius 2 is 2.10 bits per heavy atom. The highest BCUT2D eigenvalue weighted by Gasteiger charge is 2.02. The zero-order valence-corrected chi connectivity index (χ0v) is 13.2. The Morgan fingerprint density at radius 1 is 1.24 bits per heavy atom. The Balaban J connectivity index is 1.99. The number of ether oxygens (including phenoxy) is 2. The molecule has 0 bridgehead atoms. The van der Waals surface area contributed by atoms with Crippen molar-refractivity contribution in [2.75, 3.05) is 19.0 Å². The molecule has 21 heavy (non-hydrogen) atoms. The fourth-order valence-electron chi connectivity index (χ4n) is 1.84. The van der Waals surface area contributed by atoms with Crippen LogP contribution in [0.25, 0.3) is 0 Å². The van der Waals surface area contributed by atoms with Crippen LogP contribution in [0.2, 0.25) is 0 Å².